The molecule has 2 aromatic rings. The summed E-state index contributed by atoms with van der Waals surface area (Å²) in [5, 5.41) is 4.97. The average Bonchev–Trinajstić information content (AvgIpc) is 3.13. The van der Waals surface area contributed by atoms with Gasteiger partial charge >= 0.3 is 6.09 Å². The molecule has 0 fully saturated rings. The zero-order chi connectivity index (χ0) is 29.9. The smallest absolute Gasteiger partial charge is 0.410 e. The number of carbonyl (C=O) groups excluding carboxylic acids is 1. The molecule has 39 heavy (non-hydrogen) atoms. The minimum atomic E-state index is -3.67. The van der Waals surface area contributed by atoms with Crippen molar-refractivity contribution in [1.82, 2.24) is 19.0 Å². The summed E-state index contributed by atoms with van der Waals surface area (Å²) < 4.78 is 48.6. The lowest BCUT2D eigenvalue weighted by Crippen LogP contribution is -2.34. The third-order valence-electron chi connectivity index (χ3n) is 5.94. The van der Waals surface area contributed by atoms with E-state index in [2.05, 4.69) is 0 Å². The van der Waals surface area contributed by atoms with E-state index in [-0.39, 0.29) is 40.5 Å². The molecule has 1 aromatic carbocycles. The standard InChI is InChI=1S/C28H42ClFN4O4S/c1-18(2)25-22(16-21(30)13-14-33(10)27(35)38-28(5,6)7)26(19(3)4)34(31-25)17-20-11-12-24(23(29)15-20)39(36,37)32(8)9/h11-13,15,18-19H,14,16-17H2,1-10H3/b21-13-. The fraction of sp³-hybridized carbons (Fsp3) is 0.571. The molecular formula is C28H42ClFN4O4S. The van der Waals surface area contributed by atoms with Crippen molar-refractivity contribution in [2.75, 3.05) is 27.7 Å². The maximum atomic E-state index is 15.2. The number of likely N-dealkylation sites (N-methyl/N-ethyl adjacent to an activating group) is 1. The fourth-order valence-corrected chi connectivity index (χ4v) is 5.49. The molecule has 2 rings (SSSR count). The zero-order valence-electron chi connectivity index (χ0n) is 24.7. The topological polar surface area (TPSA) is 84.7 Å². The Bertz CT molecular complexity index is 1310. The molecule has 0 aliphatic carbocycles. The van der Waals surface area contributed by atoms with Crippen LogP contribution in [0, 0.1) is 0 Å². The SMILES string of the molecule is CC(C)c1nn(Cc2ccc(S(=O)(=O)N(C)C)c(Cl)c2)c(C(C)C)c1C/C(F)=C/CN(C)C(=O)OC(C)(C)C. The van der Waals surface area contributed by atoms with Gasteiger partial charge in [-0.3, -0.25) is 4.68 Å². The minimum Gasteiger partial charge on any atom is -0.444 e. The van der Waals surface area contributed by atoms with Crippen LogP contribution in [0.4, 0.5) is 9.18 Å². The number of hydrogen-bond donors (Lipinski definition) is 0. The van der Waals surface area contributed by atoms with Gasteiger partial charge in [-0.15, -0.1) is 0 Å². The number of nitrogens with zero attached hydrogens (tertiary/aromatic N) is 4. The Kier molecular flexibility index (Phi) is 10.8. The van der Waals surface area contributed by atoms with E-state index in [0.717, 1.165) is 26.8 Å². The summed E-state index contributed by atoms with van der Waals surface area (Å²) in [6.07, 6.45) is 0.913. The molecular weight excluding hydrogens is 543 g/mol. The molecule has 218 valence electrons. The lowest BCUT2D eigenvalue weighted by atomic mass is 9.96. The molecule has 11 heteroatoms. The molecule has 0 N–H and O–H groups in total. The van der Waals surface area contributed by atoms with Crippen molar-refractivity contribution in [3.63, 3.8) is 0 Å². The first-order valence-electron chi connectivity index (χ1n) is 12.9. The van der Waals surface area contributed by atoms with Crippen LogP contribution in [0.2, 0.25) is 5.02 Å². The second-order valence-corrected chi connectivity index (χ2v) is 14.0. The maximum absolute atomic E-state index is 15.2. The molecule has 8 nitrogen and oxygen atoms in total. The molecule has 0 radical (unpaired) electrons. The van der Waals surface area contributed by atoms with Gasteiger partial charge in [0, 0.05) is 45.4 Å². The Hall–Kier alpha value is -2.43. The molecule has 0 saturated heterocycles. The molecule has 0 aliphatic heterocycles. The first kappa shape index (κ1) is 32.8. The zero-order valence-corrected chi connectivity index (χ0v) is 26.2. The first-order chi connectivity index (χ1) is 17.8. The molecule has 0 aliphatic rings. The van der Waals surface area contributed by atoms with E-state index in [1.54, 1.807) is 40.0 Å². The van der Waals surface area contributed by atoms with E-state index in [1.165, 1.54) is 31.1 Å². The normalized spacial score (nSPS) is 13.1. The summed E-state index contributed by atoms with van der Waals surface area (Å²) in [6.45, 7) is 13.8. The Labute approximate surface area is 237 Å². The van der Waals surface area contributed by atoms with Gasteiger partial charge < -0.3 is 9.64 Å². The second kappa shape index (κ2) is 12.8. The first-order valence-corrected chi connectivity index (χ1v) is 14.8. The van der Waals surface area contributed by atoms with E-state index < -0.39 is 21.7 Å². The molecule has 1 amide bonds. The number of carbonyl (C=O) groups is 1. The van der Waals surface area contributed by atoms with Gasteiger partial charge in [0.15, 0.2) is 0 Å². The van der Waals surface area contributed by atoms with Gasteiger partial charge in [0.25, 0.3) is 0 Å². The monoisotopic (exact) mass is 584 g/mol. The van der Waals surface area contributed by atoms with Crippen LogP contribution in [0.3, 0.4) is 0 Å². The largest absolute Gasteiger partial charge is 0.444 e. The highest BCUT2D eigenvalue weighted by atomic mass is 35.5. The van der Waals surface area contributed by atoms with Gasteiger partial charge in [0.1, 0.15) is 16.3 Å². The number of halogens is 2. The van der Waals surface area contributed by atoms with Crippen LogP contribution in [0.25, 0.3) is 0 Å². The molecule has 1 aromatic heterocycles. The van der Waals surface area contributed by atoms with Crippen LogP contribution in [0.15, 0.2) is 35.0 Å². The third-order valence-corrected chi connectivity index (χ3v) is 8.24. The number of aromatic nitrogens is 2. The predicted octanol–water partition coefficient (Wildman–Crippen LogP) is 6.34. The van der Waals surface area contributed by atoms with Crippen molar-refractivity contribution in [1.29, 1.82) is 0 Å². The Morgan fingerprint density at radius 3 is 2.26 bits per heavy atom. The number of sulfonamides is 1. The van der Waals surface area contributed by atoms with E-state index in [4.69, 9.17) is 21.4 Å². The Balaban J connectivity index is 2.38. The van der Waals surface area contributed by atoms with E-state index in [9.17, 15) is 13.2 Å². The second-order valence-electron chi connectivity index (χ2n) is 11.5. The lowest BCUT2D eigenvalue weighted by molar-refractivity contribution is 0.0317. The van der Waals surface area contributed by atoms with Gasteiger partial charge in [-0.25, -0.2) is 21.9 Å². The number of hydrogen-bond acceptors (Lipinski definition) is 5. The molecule has 0 atom stereocenters. The van der Waals surface area contributed by atoms with Crippen LogP contribution in [0.5, 0.6) is 0 Å². The van der Waals surface area contributed by atoms with Crippen molar-refractivity contribution in [3.05, 3.63) is 57.6 Å². The number of benzene rings is 1. The van der Waals surface area contributed by atoms with E-state index >= 15 is 4.39 Å². The van der Waals surface area contributed by atoms with Crippen molar-refractivity contribution < 1.29 is 22.3 Å². The molecule has 1 heterocycles. The lowest BCUT2D eigenvalue weighted by Gasteiger charge is -2.23. The minimum absolute atomic E-state index is 0.0366. The molecule has 0 saturated carbocycles. The Morgan fingerprint density at radius 1 is 1.15 bits per heavy atom. The highest BCUT2D eigenvalue weighted by Gasteiger charge is 2.25. The highest BCUT2D eigenvalue weighted by molar-refractivity contribution is 7.89. The molecule has 0 bridgehead atoms. The van der Waals surface area contributed by atoms with Crippen molar-refractivity contribution in [2.45, 2.75) is 83.8 Å². The predicted molar refractivity (Wildman–Crippen MR) is 154 cm³/mol. The van der Waals surface area contributed by atoms with Crippen LogP contribution in [0.1, 0.15) is 82.8 Å². The number of amides is 1. The van der Waals surface area contributed by atoms with Crippen LogP contribution >= 0.6 is 11.6 Å². The van der Waals surface area contributed by atoms with E-state index in [0.29, 0.717) is 6.54 Å². The summed E-state index contributed by atoms with van der Waals surface area (Å²) in [7, 11) is 0.800. The van der Waals surface area contributed by atoms with Crippen molar-refractivity contribution >= 4 is 27.7 Å². The average molecular weight is 585 g/mol. The molecule has 0 unspecified atom stereocenters. The third kappa shape index (κ3) is 8.53. The number of rotatable bonds is 10. The highest BCUT2D eigenvalue weighted by Crippen LogP contribution is 2.31. The fourth-order valence-electron chi connectivity index (χ4n) is 4.06. The number of allylic oxidation sites excluding steroid dienone is 1. The van der Waals surface area contributed by atoms with Gasteiger partial charge in [0.05, 0.1) is 17.3 Å². The Morgan fingerprint density at radius 2 is 1.77 bits per heavy atom. The van der Waals surface area contributed by atoms with Crippen LogP contribution in [-0.4, -0.2) is 66.8 Å². The quantitative estimate of drug-likeness (QED) is 0.325. The summed E-state index contributed by atoms with van der Waals surface area (Å²) in [6, 6.07) is 4.85. The summed E-state index contributed by atoms with van der Waals surface area (Å²) >= 11 is 6.37. The van der Waals surface area contributed by atoms with Crippen molar-refractivity contribution in [2.24, 2.45) is 0 Å². The molecule has 0 spiro atoms. The van der Waals surface area contributed by atoms with Gasteiger partial charge in [0.2, 0.25) is 10.0 Å². The van der Waals surface area contributed by atoms with E-state index in [1.807, 2.05) is 32.4 Å². The van der Waals surface area contributed by atoms with Crippen LogP contribution in [-0.2, 0) is 27.7 Å². The summed E-state index contributed by atoms with van der Waals surface area (Å²) in [5.74, 6) is -0.275. The van der Waals surface area contributed by atoms with Gasteiger partial charge in [-0.2, -0.15) is 5.10 Å². The number of ether oxygens (including phenoxy) is 1. The van der Waals surface area contributed by atoms with Crippen molar-refractivity contribution in [3.8, 4) is 0 Å². The van der Waals surface area contributed by atoms with Crippen LogP contribution < -0.4 is 0 Å². The maximum Gasteiger partial charge on any atom is 0.410 e. The summed E-state index contributed by atoms with van der Waals surface area (Å²) in [5.41, 5.74) is 2.64. The summed E-state index contributed by atoms with van der Waals surface area (Å²) in [4.78, 5) is 13.6. The van der Waals surface area contributed by atoms with Gasteiger partial charge in [-0.05, 0) is 56.4 Å². The van der Waals surface area contributed by atoms with Gasteiger partial charge in [-0.1, -0.05) is 45.4 Å².